The Morgan fingerprint density at radius 3 is 2.39 bits per heavy atom. The topological polar surface area (TPSA) is 38.8 Å². The summed E-state index contributed by atoms with van der Waals surface area (Å²) in [5.41, 5.74) is 0.195. The summed E-state index contributed by atoms with van der Waals surface area (Å²) in [4.78, 5) is 15.4. The van der Waals surface area contributed by atoms with E-state index < -0.39 is 5.41 Å². The van der Waals surface area contributed by atoms with Gasteiger partial charge in [-0.15, -0.1) is 0 Å². The highest BCUT2D eigenvalue weighted by atomic mass is 16.5. The first-order chi connectivity index (χ1) is 11.0. The number of nitrogens with zero attached hydrogens (tertiary/aromatic N) is 1. The molecule has 23 heavy (non-hydrogen) atoms. The molecule has 1 aromatic rings. The fourth-order valence-electron chi connectivity index (χ4n) is 4.09. The van der Waals surface area contributed by atoms with Gasteiger partial charge in [0, 0.05) is 19.2 Å². The maximum atomic E-state index is 12.9. The van der Waals surface area contributed by atoms with Crippen LogP contribution in [-0.4, -0.2) is 49.8 Å². The zero-order valence-electron chi connectivity index (χ0n) is 14.3. The van der Waals surface area contributed by atoms with E-state index in [-0.39, 0.29) is 12.1 Å². The van der Waals surface area contributed by atoms with Crippen molar-refractivity contribution in [2.45, 2.75) is 56.2 Å². The van der Waals surface area contributed by atoms with Crippen LogP contribution in [-0.2, 0) is 19.7 Å². The van der Waals surface area contributed by atoms with Gasteiger partial charge in [0.05, 0.1) is 6.61 Å². The molecule has 3 rings (SSSR count). The Bertz CT molecular complexity index is 533. The Labute approximate surface area is 138 Å². The fraction of sp³-hybridized carbons (Fsp3) is 0.632. The molecule has 1 aromatic carbocycles. The highest BCUT2D eigenvalue weighted by Crippen LogP contribution is 2.36. The van der Waals surface area contributed by atoms with Gasteiger partial charge in [0.25, 0.3) is 0 Å². The van der Waals surface area contributed by atoms with Gasteiger partial charge < -0.3 is 14.4 Å². The number of ether oxygens (including phenoxy) is 2. The molecule has 2 bridgehead atoms. The van der Waals surface area contributed by atoms with Gasteiger partial charge in [-0.05, 0) is 45.2 Å². The van der Waals surface area contributed by atoms with E-state index >= 15 is 0 Å². The predicted molar refractivity (Wildman–Crippen MR) is 89.4 cm³/mol. The molecule has 0 aromatic heterocycles. The van der Waals surface area contributed by atoms with Crippen molar-refractivity contribution in [2.24, 2.45) is 0 Å². The molecule has 2 aliphatic rings. The van der Waals surface area contributed by atoms with Crippen LogP contribution >= 0.6 is 0 Å². The van der Waals surface area contributed by atoms with Gasteiger partial charge in [-0.2, -0.15) is 0 Å². The van der Waals surface area contributed by atoms with E-state index in [0.29, 0.717) is 18.7 Å². The Hall–Kier alpha value is -1.39. The van der Waals surface area contributed by atoms with Gasteiger partial charge in [0.1, 0.15) is 11.5 Å². The first-order valence-electron chi connectivity index (χ1n) is 8.52. The lowest BCUT2D eigenvalue weighted by molar-refractivity contribution is -0.161. The lowest BCUT2D eigenvalue weighted by Gasteiger charge is -2.37. The lowest BCUT2D eigenvalue weighted by Crippen LogP contribution is -2.46. The van der Waals surface area contributed by atoms with E-state index in [1.807, 2.05) is 37.3 Å². The SMILES string of the molecule is COCC(C)(C(=O)O[C@H]1C[C@H]2CC[C@@H](C1)N2C)c1ccccc1. The fourth-order valence-corrected chi connectivity index (χ4v) is 4.09. The predicted octanol–water partition coefficient (Wildman–Crippen LogP) is 2.76. The van der Waals surface area contributed by atoms with Crippen LogP contribution in [0.2, 0.25) is 0 Å². The summed E-state index contributed by atoms with van der Waals surface area (Å²) in [5, 5.41) is 0. The number of piperidine rings is 1. The molecule has 0 aliphatic carbocycles. The van der Waals surface area contributed by atoms with Crippen molar-refractivity contribution >= 4 is 5.97 Å². The molecule has 0 amide bonds. The minimum Gasteiger partial charge on any atom is -0.462 e. The highest BCUT2D eigenvalue weighted by Gasteiger charge is 2.43. The van der Waals surface area contributed by atoms with Crippen molar-refractivity contribution in [1.29, 1.82) is 0 Å². The minimum absolute atomic E-state index is 0.0380. The maximum absolute atomic E-state index is 12.9. The number of fused-ring (bicyclic) bond motifs is 2. The second kappa shape index (κ2) is 6.62. The van der Waals surface area contributed by atoms with Crippen molar-refractivity contribution in [3.8, 4) is 0 Å². The van der Waals surface area contributed by atoms with E-state index in [1.54, 1.807) is 7.11 Å². The molecule has 4 atom stereocenters. The molecule has 2 aliphatic heterocycles. The van der Waals surface area contributed by atoms with Crippen molar-refractivity contribution < 1.29 is 14.3 Å². The smallest absolute Gasteiger partial charge is 0.318 e. The van der Waals surface area contributed by atoms with E-state index in [0.717, 1.165) is 18.4 Å². The molecule has 0 N–H and O–H groups in total. The van der Waals surface area contributed by atoms with Crippen LogP contribution in [0.4, 0.5) is 0 Å². The van der Waals surface area contributed by atoms with E-state index in [1.165, 1.54) is 12.8 Å². The number of rotatable bonds is 5. The van der Waals surface area contributed by atoms with Crippen molar-refractivity contribution in [1.82, 2.24) is 4.90 Å². The van der Waals surface area contributed by atoms with Crippen molar-refractivity contribution in [3.63, 3.8) is 0 Å². The summed E-state index contributed by atoms with van der Waals surface area (Å²) >= 11 is 0. The molecule has 2 fully saturated rings. The molecule has 2 saturated heterocycles. The molecule has 2 heterocycles. The quantitative estimate of drug-likeness (QED) is 0.783. The Morgan fingerprint density at radius 2 is 1.83 bits per heavy atom. The van der Waals surface area contributed by atoms with Gasteiger partial charge in [-0.1, -0.05) is 30.3 Å². The monoisotopic (exact) mass is 317 g/mol. The van der Waals surface area contributed by atoms with Gasteiger partial charge in [0.15, 0.2) is 0 Å². The average molecular weight is 317 g/mol. The molecule has 0 spiro atoms. The maximum Gasteiger partial charge on any atom is 0.318 e. The van der Waals surface area contributed by atoms with Crippen LogP contribution in [0, 0.1) is 0 Å². The molecule has 4 heteroatoms. The van der Waals surface area contributed by atoms with Crippen molar-refractivity contribution in [2.75, 3.05) is 20.8 Å². The summed E-state index contributed by atoms with van der Waals surface area (Å²) in [6, 6.07) is 10.9. The standard InChI is InChI=1S/C19H27NO3/c1-19(13-22-3,14-7-5-4-6-8-14)18(21)23-17-11-15-9-10-16(12-17)20(15)2/h4-8,15-17H,9-13H2,1-3H3/t15-,16+,17+,19?. The number of methoxy groups -OCH3 is 1. The first kappa shape index (κ1) is 16.5. The lowest BCUT2D eigenvalue weighted by atomic mass is 9.83. The normalized spacial score (nSPS) is 30.0. The number of carbonyl (C=O) groups excluding carboxylic acids is 1. The molecule has 0 radical (unpaired) electrons. The number of benzene rings is 1. The van der Waals surface area contributed by atoms with Gasteiger partial charge >= 0.3 is 5.97 Å². The minimum atomic E-state index is -0.752. The van der Waals surface area contributed by atoms with Crippen LogP contribution in [0.3, 0.4) is 0 Å². The van der Waals surface area contributed by atoms with Gasteiger partial charge in [0.2, 0.25) is 0 Å². The van der Waals surface area contributed by atoms with Crippen LogP contribution in [0.25, 0.3) is 0 Å². The summed E-state index contributed by atoms with van der Waals surface area (Å²) in [7, 11) is 3.82. The molecular formula is C19H27NO3. The summed E-state index contributed by atoms with van der Waals surface area (Å²) in [6.45, 7) is 2.24. The third kappa shape index (κ3) is 3.15. The van der Waals surface area contributed by atoms with E-state index in [2.05, 4.69) is 11.9 Å². The van der Waals surface area contributed by atoms with Crippen LogP contribution in [0.1, 0.15) is 38.2 Å². The number of esters is 1. The summed E-state index contributed by atoms with van der Waals surface area (Å²) < 4.78 is 11.3. The van der Waals surface area contributed by atoms with Crippen molar-refractivity contribution in [3.05, 3.63) is 35.9 Å². The highest BCUT2D eigenvalue weighted by molar-refractivity contribution is 5.83. The second-order valence-electron chi connectivity index (χ2n) is 7.18. The van der Waals surface area contributed by atoms with Crippen LogP contribution in [0.5, 0.6) is 0 Å². The number of hydrogen-bond acceptors (Lipinski definition) is 4. The van der Waals surface area contributed by atoms with E-state index in [9.17, 15) is 4.79 Å². The zero-order chi connectivity index (χ0) is 16.4. The Morgan fingerprint density at radius 1 is 1.22 bits per heavy atom. The average Bonchev–Trinajstić information content (AvgIpc) is 2.76. The number of hydrogen-bond donors (Lipinski definition) is 0. The Kier molecular flexibility index (Phi) is 4.74. The summed E-state index contributed by atoms with van der Waals surface area (Å²) in [5.74, 6) is -0.167. The third-order valence-electron chi connectivity index (χ3n) is 5.62. The van der Waals surface area contributed by atoms with Gasteiger partial charge in [-0.3, -0.25) is 4.79 Å². The zero-order valence-corrected chi connectivity index (χ0v) is 14.3. The van der Waals surface area contributed by atoms with Crippen LogP contribution in [0.15, 0.2) is 30.3 Å². The van der Waals surface area contributed by atoms with Crippen LogP contribution < -0.4 is 0 Å². The molecular weight excluding hydrogens is 290 g/mol. The second-order valence-corrected chi connectivity index (χ2v) is 7.18. The Balaban J connectivity index is 1.72. The largest absolute Gasteiger partial charge is 0.462 e. The van der Waals surface area contributed by atoms with Gasteiger partial charge in [-0.25, -0.2) is 0 Å². The van der Waals surface area contributed by atoms with E-state index in [4.69, 9.17) is 9.47 Å². The molecule has 0 saturated carbocycles. The first-order valence-corrected chi connectivity index (χ1v) is 8.52. The molecule has 1 unspecified atom stereocenters. The molecule has 4 nitrogen and oxygen atoms in total. The summed E-state index contributed by atoms with van der Waals surface area (Å²) in [6.07, 6.45) is 4.40. The third-order valence-corrected chi connectivity index (χ3v) is 5.62. The number of carbonyl (C=O) groups is 1. The molecule has 126 valence electrons.